The monoisotopic (exact) mass is 374 g/mol. The molecule has 0 unspecified atom stereocenters. The van der Waals surface area contributed by atoms with Crippen molar-refractivity contribution in [2.45, 2.75) is 25.6 Å². The van der Waals surface area contributed by atoms with Gasteiger partial charge in [0.2, 0.25) is 5.82 Å². The normalized spacial score (nSPS) is 13.8. The number of nitrogens with zero attached hydrogens (tertiary/aromatic N) is 3. The van der Waals surface area contributed by atoms with Crippen LogP contribution in [-0.2, 0) is 11.3 Å². The fraction of sp³-hybridized carbons (Fsp3) is 0.294. The molecule has 26 heavy (non-hydrogen) atoms. The Morgan fingerprint density at radius 3 is 2.77 bits per heavy atom. The SMILES string of the molecule is COCc1c(-c2ccc(OC3CC3)c(Cl)c2)ncnc1-c1noc(=O)[nH]1. The van der Waals surface area contributed by atoms with Crippen LogP contribution >= 0.6 is 11.6 Å². The zero-order valence-electron chi connectivity index (χ0n) is 13.9. The highest BCUT2D eigenvalue weighted by molar-refractivity contribution is 6.32. The fourth-order valence-corrected chi connectivity index (χ4v) is 2.81. The summed E-state index contributed by atoms with van der Waals surface area (Å²) >= 11 is 6.37. The number of aromatic nitrogens is 4. The minimum atomic E-state index is -0.659. The largest absolute Gasteiger partial charge is 0.489 e. The Morgan fingerprint density at radius 2 is 2.12 bits per heavy atom. The zero-order valence-corrected chi connectivity index (χ0v) is 14.6. The van der Waals surface area contributed by atoms with Crippen LogP contribution in [0.5, 0.6) is 5.75 Å². The Bertz CT molecular complexity index is 996. The summed E-state index contributed by atoms with van der Waals surface area (Å²) in [4.78, 5) is 22.3. The molecule has 1 aliphatic rings. The van der Waals surface area contributed by atoms with Crippen LogP contribution in [0, 0.1) is 0 Å². The third-order valence-electron chi connectivity index (χ3n) is 3.92. The first kappa shape index (κ1) is 16.7. The highest BCUT2D eigenvalue weighted by Gasteiger charge is 2.25. The molecular formula is C17H15ClN4O4. The van der Waals surface area contributed by atoms with Crippen molar-refractivity contribution in [1.29, 1.82) is 0 Å². The van der Waals surface area contributed by atoms with Gasteiger partial charge in [-0.3, -0.25) is 9.51 Å². The average Bonchev–Trinajstić information content (AvgIpc) is 3.35. The molecule has 0 radical (unpaired) electrons. The van der Waals surface area contributed by atoms with Gasteiger partial charge in [0, 0.05) is 18.2 Å². The molecule has 2 heterocycles. The number of benzene rings is 1. The highest BCUT2D eigenvalue weighted by atomic mass is 35.5. The second kappa shape index (κ2) is 6.89. The smallest absolute Gasteiger partial charge is 0.439 e. The fourth-order valence-electron chi connectivity index (χ4n) is 2.59. The van der Waals surface area contributed by atoms with Gasteiger partial charge in [-0.25, -0.2) is 14.8 Å². The molecule has 1 saturated carbocycles. The number of ether oxygens (including phenoxy) is 2. The molecule has 4 rings (SSSR count). The van der Waals surface area contributed by atoms with Crippen molar-refractivity contribution in [3.05, 3.63) is 45.7 Å². The molecule has 0 saturated heterocycles. The van der Waals surface area contributed by atoms with Crippen LogP contribution < -0.4 is 10.5 Å². The summed E-state index contributed by atoms with van der Waals surface area (Å²) < 4.78 is 15.6. The van der Waals surface area contributed by atoms with E-state index in [1.165, 1.54) is 6.33 Å². The number of nitrogens with one attached hydrogen (secondary N) is 1. The Hall–Kier alpha value is -2.71. The first-order valence-electron chi connectivity index (χ1n) is 8.01. The van der Waals surface area contributed by atoms with E-state index >= 15 is 0 Å². The third kappa shape index (κ3) is 3.33. The van der Waals surface area contributed by atoms with Crippen LogP contribution in [0.3, 0.4) is 0 Å². The maximum Gasteiger partial charge on any atom is 0.439 e. The molecule has 0 aliphatic heterocycles. The third-order valence-corrected chi connectivity index (χ3v) is 4.22. The molecule has 3 aromatic rings. The maximum absolute atomic E-state index is 11.3. The van der Waals surface area contributed by atoms with Gasteiger partial charge in [-0.05, 0) is 31.0 Å². The molecule has 1 N–H and O–H groups in total. The Kier molecular flexibility index (Phi) is 4.44. The number of hydrogen-bond donors (Lipinski definition) is 1. The van der Waals surface area contributed by atoms with Gasteiger partial charge >= 0.3 is 5.76 Å². The van der Waals surface area contributed by atoms with Crippen LogP contribution in [0.25, 0.3) is 22.8 Å². The summed E-state index contributed by atoms with van der Waals surface area (Å²) in [6.45, 7) is 0.221. The van der Waals surface area contributed by atoms with Crippen LogP contribution in [0.2, 0.25) is 5.02 Å². The highest BCUT2D eigenvalue weighted by Crippen LogP contribution is 2.36. The lowest BCUT2D eigenvalue weighted by atomic mass is 10.0. The summed E-state index contributed by atoms with van der Waals surface area (Å²) in [6, 6.07) is 5.49. The van der Waals surface area contributed by atoms with Crippen LogP contribution in [0.15, 0.2) is 33.8 Å². The van der Waals surface area contributed by atoms with Gasteiger partial charge in [0.1, 0.15) is 17.8 Å². The number of rotatable bonds is 6. The topological polar surface area (TPSA) is 103 Å². The molecule has 1 aliphatic carbocycles. The molecule has 1 aromatic carbocycles. The van der Waals surface area contributed by atoms with E-state index in [1.54, 1.807) is 13.2 Å². The van der Waals surface area contributed by atoms with Crippen molar-refractivity contribution in [2.75, 3.05) is 7.11 Å². The predicted molar refractivity (Wildman–Crippen MR) is 93.0 cm³/mol. The van der Waals surface area contributed by atoms with Crippen molar-refractivity contribution in [2.24, 2.45) is 0 Å². The second-order valence-corrected chi connectivity index (χ2v) is 6.30. The van der Waals surface area contributed by atoms with Gasteiger partial charge in [0.25, 0.3) is 0 Å². The van der Waals surface area contributed by atoms with Gasteiger partial charge in [0.15, 0.2) is 0 Å². The van der Waals surface area contributed by atoms with E-state index in [0.717, 1.165) is 18.4 Å². The summed E-state index contributed by atoms with van der Waals surface area (Å²) in [5.41, 5.74) is 2.49. The first-order valence-corrected chi connectivity index (χ1v) is 8.39. The second-order valence-electron chi connectivity index (χ2n) is 5.89. The Labute approximate surface area is 153 Å². The lowest BCUT2D eigenvalue weighted by Gasteiger charge is -2.13. The minimum Gasteiger partial charge on any atom is -0.489 e. The Morgan fingerprint density at radius 1 is 1.31 bits per heavy atom. The maximum atomic E-state index is 11.3. The molecular weight excluding hydrogens is 360 g/mol. The molecule has 1 fully saturated rings. The summed E-state index contributed by atoms with van der Waals surface area (Å²) in [6.07, 6.45) is 3.76. The van der Waals surface area contributed by atoms with E-state index in [0.29, 0.717) is 27.7 Å². The van der Waals surface area contributed by atoms with E-state index in [-0.39, 0.29) is 18.5 Å². The summed E-state index contributed by atoms with van der Waals surface area (Å²) in [5, 5.41) is 4.21. The number of methoxy groups -OCH3 is 1. The molecule has 0 amide bonds. The molecule has 9 heteroatoms. The van der Waals surface area contributed by atoms with Crippen molar-refractivity contribution in [3.8, 4) is 28.5 Å². The van der Waals surface area contributed by atoms with Gasteiger partial charge in [-0.1, -0.05) is 16.8 Å². The summed E-state index contributed by atoms with van der Waals surface area (Å²) in [5.74, 6) is 0.208. The predicted octanol–water partition coefficient (Wildman–Crippen LogP) is 2.83. The van der Waals surface area contributed by atoms with E-state index in [2.05, 4.69) is 24.6 Å². The van der Waals surface area contributed by atoms with Gasteiger partial charge in [0.05, 0.1) is 23.4 Å². The molecule has 134 valence electrons. The minimum absolute atomic E-state index is 0.213. The van der Waals surface area contributed by atoms with E-state index in [4.69, 9.17) is 21.1 Å². The van der Waals surface area contributed by atoms with Crippen molar-refractivity contribution < 1.29 is 14.0 Å². The Balaban J connectivity index is 1.78. The molecule has 0 bridgehead atoms. The molecule has 0 spiro atoms. The number of halogens is 1. The van der Waals surface area contributed by atoms with Gasteiger partial charge < -0.3 is 9.47 Å². The number of aromatic amines is 1. The standard InChI is InChI=1S/C17H15ClN4O4/c1-24-7-11-14(19-8-20-15(11)16-21-17(23)26-22-16)9-2-5-13(12(18)6-9)25-10-3-4-10/h2,5-6,8,10H,3-4,7H2,1H3,(H,21,22,23). The van der Waals surface area contributed by atoms with E-state index < -0.39 is 5.76 Å². The molecule has 2 aromatic heterocycles. The van der Waals surface area contributed by atoms with Gasteiger partial charge in [-0.2, -0.15) is 0 Å². The quantitative estimate of drug-likeness (QED) is 0.707. The summed E-state index contributed by atoms with van der Waals surface area (Å²) in [7, 11) is 1.56. The van der Waals surface area contributed by atoms with Crippen LogP contribution in [0.1, 0.15) is 18.4 Å². The zero-order chi connectivity index (χ0) is 18.1. The van der Waals surface area contributed by atoms with E-state index in [1.807, 2.05) is 12.1 Å². The van der Waals surface area contributed by atoms with Crippen LogP contribution in [0.4, 0.5) is 0 Å². The first-order chi connectivity index (χ1) is 12.7. The number of H-pyrrole nitrogens is 1. The van der Waals surface area contributed by atoms with Crippen molar-refractivity contribution >= 4 is 11.6 Å². The lowest BCUT2D eigenvalue weighted by molar-refractivity contribution is 0.185. The van der Waals surface area contributed by atoms with Crippen molar-refractivity contribution in [1.82, 2.24) is 20.1 Å². The van der Waals surface area contributed by atoms with Crippen LogP contribution in [-0.4, -0.2) is 33.3 Å². The van der Waals surface area contributed by atoms with Gasteiger partial charge in [-0.15, -0.1) is 0 Å². The molecule has 0 atom stereocenters. The van der Waals surface area contributed by atoms with E-state index in [9.17, 15) is 4.79 Å². The number of hydrogen-bond acceptors (Lipinski definition) is 7. The molecule has 8 nitrogen and oxygen atoms in total. The average molecular weight is 375 g/mol. The lowest BCUT2D eigenvalue weighted by Crippen LogP contribution is -2.04. The van der Waals surface area contributed by atoms with Crippen molar-refractivity contribution in [3.63, 3.8) is 0 Å².